The number of carbonyl (C=O) groups is 1. The Morgan fingerprint density at radius 1 is 1.17 bits per heavy atom. The molecule has 0 saturated carbocycles. The first-order chi connectivity index (χ1) is 11.2. The molecule has 1 aromatic carbocycles. The molecule has 0 fully saturated rings. The van der Waals surface area contributed by atoms with Crippen molar-refractivity contribution in [1.29, 1.82) is 0 Å². The summed E-state index contributed by atoms with van der Waals surface area (Å²) in [6, 6.07) is 6.27. The molecule has 1 amide bonds. The monoisotopic (exact) mass is 359 g/mol. The third-order valence-corrected chi connectivity index (χ3v) is 4.83. The van der Waals surface area contributed by atoms with E-state index in [0.717, 1.165) is 12.8 Å². The van der Waals surface area contributed by atoms with E-state index in [1.165, 1.54) is 10.4 Å². The molecule has 0 bridgehead atoms. The van der Waals surface area contributed by atoms with Crippen LogP contribution in [-0.2, 0) is 21.2 Å². The van der Waals surface area contributed by atoms with Gasteiger partial charge in [-0.2, -0.15) is 0 Å². The Labute approximate surface area is 143 Å². The Morgan fingerprint density at radius 2 is 1.83 bits per heavy atom. The summed E-state index contributed by atoms with van der Waals surface area (Å²) in [5.41, 5.74) is 0.460. The van der Waals surface area contributed by atoms with Crippen molar-refractivity contribution in [2.45, 2.75) is 12.8 Å². The molecule has 8 heteroatoms. The van der Waals surface area contributed by atoms with Gasteiger partial charge in [0.05, 0.1) is 6.26 Å². The molecule has 0 aliphatic rings. The van der Waals surface area contributed by atoms with E-state index in [1.807, 2.05) is 19.0 Å². The van der Waals surface area contributed by atoms with Crippen molar-refractivity contribution in [1.82, 2.24) is 14.5 Å². The Morgan fingerprint density at radius 3 is 2.42 bits per heavy atom. The molecule has 1 aromatic rings. The summed E-state index contributed by atoms with van der Waals surface area (Å²) in [4.78, 5) is 13.7. The highest BCUT2D eigenvalue weighted by Crippen LogP contribution is 2.09. The summed E-state index contributed by atoms with van der Waals surface area (Å²) in [7, 11) is 0.351. The van der Waals surface area contributed by atoms with Gasteiger partial charge >= 0.3 is 0 Å². The van der Waals surface area contributed by atoms with Gasteiger partial charge in [0.2, 0.25) is 15.9 Å². The van der Waals surface area contributed by atoms with Crippen molar-refractivity contribution in [3.05, 3.63) is 35.6 Å². The number of nitrogens with zero attached hydrogens (tertiary/aromatic N) is 2. The second kappa shape index (κ2) is 9.71. The number of nitrogens with one attached hydrogen (secondary N) is 1. The molecular formula is C16H26FN3O3S. The summed E-state index contributed by atoms with van der Waals surface area (Å²) >= 11 is 0. The molecule has 0 aliphatic heterocycles. The zero-order chi connectivity index (χ0) is 18.2. The van der Waals surface area contributed by atoms with E-state index < -0.39 is 10.0 Å². The van der Waals surface area contributed by atoms with E-state index >= 15 is 0 Å². The number of hydrogen-bond donors (Lipinski definition) is 1. The molecule has 0 radical (unpaired) electrons. The van der Waals surface area contributed by atoms with Gasteiger partial charge in [0.15, 0.2) is 0 Å². The molecule has 136 valence electrons. The van der Waals surface area contributed by atoms with E-state index in [4.69, 9.17) is 0 Å². The lowest BCUT2D eigenvalue weighted by Crippen LogP contribution is -2.37. The van der Waals surface area contributed by atoms with Crippen LogP contribution in [0.3, 0.4) is 0 Å². The molecule has 0 heterocycles. The number of carbonyl (C=O) groups excluding carboxylic acids is 1. The van der Waals surface area contributed by atoms with Crippen molar-refractivity contribution < 1.29 is 17.6 Å². The Balaban J connectivity index is 2.52. The van der Waals surface area contributed by atoms with Crippen LogP contribution in [0.4, 0.5) is 4.39 Å². The van der Waals surface area contributed by atoms with Crippen molar-refractivity contribution in [2.24, 2.45) is 0 Å². The molecule has 0 saturated heterocycles. The normalized spacial score (nSPS) is 11.9. The minimum absolute atomic E-state index is 0.0811. The number of amides is 1. The maximum absolute atomic E-state index is 13.6. The SMILES string of the molecule is CN(C)CCNC(=O)CCN(CCc1ccccc1F)S(C)(=O)=O. The Bertz CT molecular complexity index is 635. The second-order valence-electron chi connectivity index (χ2n) is 5.91. The van der Waals surface area contributed by atoms with Crippen LogP contribution in [0.5, 0.6) is 0 Å². The van der Waals surface area contributed by atoms with Gasteiger partial charge in [-0.25, -0.2) is 17.1 Å². The molecule has 0 aromatic heterocycles. The highest BCUT2D eigenvalue weighted by atomic mass is 32.2. The standard InChI is InChI=1S/C16H26FN3O3S/c1-19(2)13-10-18-16(21)9-12-20(24(3,22)23)11-8-14-6-4-5-7-15(14)17/h4-7H,8-13H2,1-3H3,(H,18,21). The summed E-state index contributed by atoms with van der Waals surface area (Å²) in [5.74, 6) is -0.552. The third kappa shape index (κ3) is 7.85. The summed E-state index contributed by atoms with van der Waals surface area (Å²) < 4.78 is 38.5. The van der Waals surface area contributed by atoms with Crippen molar-refractivity contribution >= 4 is 15.9 Å². The fraction of sp³-hybridized carbons (Fsp3) is 0.562. The molecule has 24 heavy (non-hydrogen) atoms. The van der Waals surface area contributed by atoms with Crippen LogP contribution in [0.2, 0.25) is 0 Å². The van der Waals surface area contributed by atoms with Crippen molar-refractivity contribution in [3.8, 4) is 0 Å². The fourth-order valence-electron chi connectivity index (χ4n) is 2.12. The average molecular weight is 359 g/mol. The summed E-state index contributed by atoms with van der Waals surface area (Å²) in [6.07, 6.45) is 1.44. The molecule has 0 spiro atoms. The number of rotatable bonds is 10. The smallest absolute Gasteiger partial charge is 0.221 e. The van der Waals surface area contributed by atoms with E-state index in [1.54, 1.807) is 18.2 Å². The largest absolute Gasteiger partial charge is 0.355 e. The molecule has 0 unspecified atom stereocenters. The average Bonchev–Trinajstić information content (AvgIpc) is 2.47. The lowest BCUT2D eigenvalue weighted by atomic mass is 10.1. The van der Waals surface area contributed by atoms with Crippen LogP contribution < -0.4 is 5.32 Å². The fourth-order valence-corrected chi connectivity index (χ4v) is 2.97. The van der Waals surface area contributed by atoms with Crippen LogP contribution in [0.15, 0.2) is 24.3 Å². The maximum Gasteiger partial charge on any atom is 0.221 e. The number of benzene rings is 1. The van der Waals surface area contributed by atoms with Gasteiger partial charge in [0.25, 0.3) is 0 Å². The molecule has 0 aliphatic carbocycles. The molecule has 1 rings (SSSR count). The zero-order valence-electron chi connectivity index (χ0n) is 14.5. The lowest BCUT2D eigenvalue weighted by Gasteiger charge is -2.20. The van der Waals surface area contributed by atoms with Crippen LogP contribution in [-0.4, -0.2) is 70.1 Å². The molecular weight excluding hydrogens is 333 g/mol. The number of hydrogen-bond acceptors (Lipinski definition) is 4. The lowest BCUT2D eigenvalue weighted by molar-refractivity contribution is -0.121. The van der Waals surface area contributed by atoms with E-state index in [9.17, 15) is 17.6 Å². The van der Waals surface area contributed by atoms with Gasteiger partial charge in [-0.1, -0.05) is 18.2 Å². The van der Waals surface area contributed by atoms with Crippen molar-refractivity contribution in [3.63, 3.8) is 0 Å². The minimum atomic E-state index is -3.45. The van der Waals surface area contributed by atoms with Gasteiger partial charge in [-0.15, -0.1) is 0 Å². The highest BCUT2D eigenvalue weighted by molar-refractivity contribution is 7.88. The summed E-state index contributed by atoms with van der Waals surface area (Å²) in [6.45, 7) is 1.46. The molecule has 0 atom stereocenters. The molecule has 1 N–H and O–H groups in total. The minimum Gasteiger partial charge on any atom is -0.355 e. The zero-order valence-corrected chi connectivity index (χ0v) is 15.3. The Kier molecular flexibility index (Phi) is 8.30. The quantitative estimate of drug-likeness (QED) is 0.668. The van der Waals surface area contributed by atoms with Gasteiger partial charge in [0, 0.05) is 32.6 Å². The Hall–Kier alpha value is -1.51. The third-order valence-electron chi connectivity index (χ3n) is 3.53. The highest BCUT2D eigenvalue weighted by Gasteiger charge is 2.18. The van der Waals surface area contributed by atoms with Crippen LogP contribution in [0.1, 0.15) is 12.0 Å². The van der Waals surface area contributed by atoms with Crippen molar-refractivity contribution in [2.75, 3.05) is 46.5 Å². The van der Waals surface area contributed by atoms with Crippen LogP contribution >= 0.6 is 0 Å². The second-order valence-corrected chi connectivity index (χ2v) is 7.89. The molecule has 6 nitrogen and oxygen atoms in total. The van der Waals surface area contributed by atoms with E-state index in [0.29, 0.717) is 12.1 Å². The van der Waals surface area contributed by atoms with E-state index in [-0.39, 0.29) is 37.7 Å². The predicted octanol–water partition coefficient (Wildman–Crippen LogP) is 0.698. The van der Waals surface area contributed by atoms with Gasteiger partial charge in [-0.05, 0) is 32.1 Å². The van der Waals surface area contributed by atoms with Gasteiger partial charge in [-0.3, -0.25) is 4.79 Å². The number of likely N-dealkylation sites (N-methyl/N-ethyl adjacent to an activating group) is 1. The van der Waals surface area contributed by atoms with Crippen LogP contribution in [0.25, 0.3) is 0 Å². The number of sulfonamides is 1. The first kappa shape index (κ1) is 20.5. The van der Waals surface area contributed by atoms with Crippen LogP contribution in [0, 0.1) is 5.82 Å². The topological polar surface area (TPSA) is 69.7 Å². The first-order valence-corrected chi connectivity index (χ1v) is 9.65. The maximum atomic E-state index is 13.6. The van der Waals surface area contributed by atoms with Gasteiger partial charge < -0.3 is 10.2 Å². The first-order valence-electron chi connectivity index (χ1n) is 7.80. The predicted molar refractivity (Wildman–Crippen MR) is 92.7 cm³/mol. The number of halogens is 1. The summed E-state index contributed by atoms with van der Waals surface area (Å²) in [5, 5.41) is 2.74. The van der Waals surface area contributed by atoms with Gasteiger partial charge in [0.1, 0.15) is 5.82 Å². The van der Waals surface area contributed by atoms with E-state index in [2.05, 4.69) is 5.32 Å².